The Hall–Kier alpha value is -3.01. The van der Waals surface area contributed by atoms with Crippen molar-refractivity contribution >= 4 is 36.4 Å². The number of carbonyl (C=O) groups is 4. The monoisotopic (exact) mass is 561 g/mol. The summed E-state index contributed by atoms with van der Waals surface area (Å²) in [5.74, 6) is -8.51. The van der Waals surface area contributed by atoms with Crippen molar-refractivity contribution in [3.05, 3.63) is 35.1 Å². The molecule has 0 radical (unpaired) electrons. The van der Waals surface area contributed by atoms with Gasteiger partial charge in [0.05, 0.1) is 0 Å². The maximum Gasteiger partial charge on any atom is 0.490 e. The van der Waals surface area contributed by atoms with E-state index in [-0.39, 0.29) is 43.0 Å². The second kappa shape index (κ2) is 13.5. The molecule has 5 N–H and O–H groups in total. The number of nitrogens with one attached hydrogen (secondary N) is 1. The van der Waals surface area contributed by atoms with Crippen LogP contribution in [-0.4, -0.2) is 75.5 Å². The molecule has 4 atom stereocenters. The SMILES string of the molecule is C[C@H](CS)C(=O)N1C[C@@H](NC(=O)C[C@H](N)Cc2cc(F)c(F)cc2F)C[C@H]1C(=O)O.O=C(O)C(F)(F)F. The average molecular weight is 562 g/mol. The Bertz CT molecular complexity index is 1010. The number of carboxylic acids is 2. The van der Waals surface area contributed by atoms with Crippen molar-refractivity contribution in [2.45, 2.75) is 50.5 Å². The summed E-state index contributed by atoms with van der Waals surface area (Å²) in [6, 6.07) is -1.40. The zero-order chi connectivity index (χ0) is 28.7. The number of carboxylic acid groups (broad SMARTS) is 2. The fraction of sp³-hybridized carbons (Fsp3) is 0.524. The van der Waals surface area contributed by atoms with E-state index in [0.717, 1.165) is 0 Å². The Morgan fingerprint density at radius 2 is 1.68 bits per heavy atom. The van der Waals surface area contributed by atoms with Crippen molar-refractivity contribution in [3.8, 4) is 0 Å². The third-order valence-electron chi connectivity index (χ3n) is 5.19. The molecule has 9 nitrogen and oxygen atoms in total. The number of likely N-dealkylation sites (tertiary alicyclic amines) is 1. The molecule has 208 valence electrons. The number of carbonyl (C=O) groups excluding carboxylic acids is 2. The molecule has 1 aromatic carbocycles. The molecule has 0 bridgehead atoms. The summed E-state index contributed by atoms with van der Waals surface area (Å²) in [6.07, 6.45) is -5.48. The van der Waals surface area contributed by atoms with E-state index < -0.39 is 65.5 Å². The lowest BCUT2D eigenvalue weighted by Gasteiger charge is -2.24. The molecule has 16 heteroatoms. The van der Waals surface area contributed by atoms with Crippen LogP contribution < -0.4 is 11.1 Å². The van der Waals surface area contributed by atoms with Gasteiger partial charge >= 0.3 is 18.1 Å². The van der Waals surface area contributed by atoms with E-state index in [1.807, 2.05) is 0 Å². The van der Waals surface area contributed by atoms with Crippen LogP contribution in [0.4, 0.5) is 26.3 Å². The maximum absolute atomic E-state index is 13.7. The number of benzene rings is 1. The molecule has 0 spiro atoms. The first-order valence-corrected chi connectivity index (χ1v) is 11.2. The van der Waals surface area contributed by atoms with Crippen LogP contribution in [0.2, 0.25) is 0 Å². The van der Waals surface area contributed by atoms with Gasteiger partial charge in [-0.2, -0.15) is 25.8 Å². The molecular formula is C21H25F6N3O6S. The summed E-state index contributed by atoms with van der Waals surface area (Å²) >= 11 is 4.05. The van der Waals surface area contributed by atoms with E-state index >= 15 is 0 Å². The van der Waals surface area contributed by atoms with Crippen LogP contribution in [0.15, 0.2) is 12.1 Å². The van der Waals surface area contributed by atoms with E-state index in [1.165, 1.54) is 4.90 Å². The molecule has 37 heavy (non-hydrogen) atoms. The molecule has 1 saturated heterocycles. The highest BCUT2D eigenvalue weighted by atomic mass is 32.1. The van der Waals surface area contributed by atoms with Gasteiger partial charge in [-0.25, -0.2) is 22.8 Å². The minimum Gasteiger partial charge on any atom is -0.480 e. The molecule has 1 aromatic rings. The molecule has 0 aromatic heterocycles. The number of halogens is 6. The van der Waals surface area contributed by atoms with Crippen LogP contribution in [0.25, 0.3) is 0 Å². The quantitative estimate of drug-likeness (QED) is 0.184. The van der Waals surface area contributed by atoms with E-state index in [4.69, 9.17) is 15.6 Å². The zero-order valence-corrected chi connectivity index (χ0v) is 20.2. The first-order chi connectivity index (χ1) is 17.0. The van der Waals surface area contributed by atoms with E-state index in [1.54, 1.807) is 6.92 Å². The lowest BCUT2D eigenvalue weighted by molar-refractivity contribution is -0.192. The number of hydrogen-bond acceptors (Lipinski definition) is 6. The molecule has 1 fully saturated rings. The smallest absolute Gasteiger partial charge is 0.480 e. The number of amides is 2. The van der Waals surface area contributed by atoms with Crippen LogP contribution >= 0.6 is 12.6 Å². The molecule has 0 aliphatic carbocycles. The maximum atomic E-state index is 13.7. The molecule has 2 amide bonds. The summed E-state index contributed by atoms with van der Waals surface area (Å²) in [7, 11) is 0. The third kappa shape index (κ3) is 9.76. The molecule has 1 aliphatic heterocycles. The van der Waals surface area contributed by atoms with Crippen LogP contribution in [0.5, 0.6) is 0 Å². The number of nitrogens with zero attached hydrogens (tertiary/aromatic N) is 1. The van der Waals surface area contributed by atoms with Crippen LogP contribution in [-0.2, 0) is 25.6 Å². The Balaban J connectivity index is 0.000000856. The van der Waals surface area contributed by atoms with Crippen LogP contribution in [0, 0.1) is 23.4 Å². The van der Waals surface area contributed by atoms with Gasteiger partial charge in [-0.1, -0.05) is 6.92 Å². The van der Waals surface area contributed by atoms with Crippen molar-refractivity contribution < 1.29 is 55.7 Å². The minimum absolute atomic E-state index is 0.0344. The predicted molar refractivity (Wildman–Crippen MR) is 119 cm³/mol. The summed E-state index contributed by atoms with van der Waals surface area (Å²) in [5, 5.41) is 19.1. The normalized spacial score (nSPS) is 18.9. The van der Waals surface area contributed by atoms with Gasteiger partial charge in [0.15, 0.2) is 11.6 Å². The van der Waals surface area contributed by atoms with Gasteiger partial charge in [0.25, 0.3) is 0 Å². The number of aliphatic carboxylic acids is 2. The molecule has 0 unspecified atom stereocenters. The lowest BCUT2D eigenvalue weighted by Crippen LogP contribution is -2.44. The van der Waals surface area contributed by atoms with Crippen LogP contribution in [0.3, 0.4) is 0 Å². The predicted octanol–water partition coefficient (Wildman–Crippen LogP) is 1.73. The standard InChI is InChI=1S/C19H24F3N3O4S.C2HF3O2/c1-9(8-30)18(27)25-7-12(5-16(25)19(28)29)24-17(26)4-11(23)2-10-3-14(21)15(22)6-13(10)20;3-2(4,5)1(6)7/h3,6,9,11-12,16,30H,2,4-5,7-8,23H2,1H3,(H,24,26)(H,28,29);(H,6,7)/t9-,11-,12+,16+;/m1./s1. The molecule has 1 aliphatic rings. The summed E-state index contributed by atoms with van der Waals surface area (Å²) in [5.41, 5.74) is 5.68. The second-order valence-corrected chi connectivity index (χ2v) is 8.62. The van der Waals surface area contributed by atoms with Crippen molar-refractivity contribution in [1.29, 1.82) is 0 Å². The minimum atomic E-state index is -5.08. The second-order valence-electron chi connectivity index (χ2n) is 8.26. The van der Waals surface area contributed by atoms with Gasteiger partial charge in [-0.05, 0) is 18.1 Å². The third-order valence-corrected chi connectivity index (χ3v) is 5.74. The van der Waals surface area contributed by atoms with E-state index in [9.17, 15) is 45.8 Å². The van der Waals surface area contributed by atoms with E-state index in [0.29, 0.717) is 12.1 Å². The fourth-order valence-electron chi connectivity index (χ4n) is 3.38. The van der Waals surface area contributed by atoms with Crippen molar-refractivity contribution in [2.24, 2.45) is 11.7 Å². The highest BCUT2D eigenvalue weighted by molar-refractivity contribution is 7.80. The highest BCUT2D eigenvalue weighted by Gasteiger charge is 2.41. The summed E-state index contributed by atoms with van der Waals surface area (Å²) < 4.78 is 71.7. The van der Waals surface area contributed by atoms with Gasteiger partial charge in [0.1, 0.15) is 11.9 Å². The first-order valence-electron chi connectivity index (χ1n) is 10.6. The van der Waals surface area contributed by atoms with Gasteiger partial charge in [0, 0.05) is 49.2 Å². The number of alkyl halides is 3. The van der Waals surface area contributed by atoms with E-state index in [2.05, 4.69) is 17.9 Å². The van der Waals surface area contributed by atoms with Gasteiger partial charge in [-0.15, -0.1) is 0 Å². The Kier molecular flexibility index (Phi) is 11.7. The van der Waals surface area contributed by atoms with Gasteiger partial charge in [0.2, 0.25) is 11.8 Å². The zero-order valence-electron chi connectivity index (χ0n) is 19.3. The average Bonchev–Trinajstić information content (AvgIpc) is 3.19. The Labute approximate surface area is 212 Å². The van der Waals surface area contributed by atoms with Crippen LogP contribution in [0.1, 0.15) is 25.3 Å². The molecular weight excluding hydrogens is 536 g/mol. The number of rotatable bonds is 8. The van der Waals surface area contributed by atoms with Crippen molar-refractivity contribution in [2.75, 3.05) is 12.3 Å². The lowest BCUT2D eigenvalue weighted by atomic mass is 10.0. The number of thiol groups is 1. The Morgan fingerprint density at radius 1 is 1.14 bits per heavy atom. The van der Waals surface area contributed by atoms with Crippen molar-refractivity contribution in [1.82, 2.24) is 10.2 Å². The van der Waals surface area contributed by atoms with Gasteiger partial charge in [-0.3, -0.25) is 9.59 Å². The summed E-state index contributed by atoms with van der Waals surface area (Å²) in [4.78, 5) is 46.2. The molecule has 0 saturated carbocycles. The Morgan fingerprint density at radius 3 is 2.16 bits per heavy atom. The first kappa shape index (κ1) is 32.0. The molecule has 1 heterocycles. The summed E-state index contributed by atoms with van der Waals surface area (Å²) in [6.45, 7) is 1.67. The topological polar surface area (TPSA) is 150 Å². The van der Waals surface area contributed by atoms with Gasteiger partial charge < -0.3 is 26.2 Å². The van der Waals surface area contributed by atoms with Crippen molar-refractivity contribution in [3.63, 3.8) is 0 Å². The largest absolute Gasteiger partial charge is 0.490 e. The molecule has 2 rings (SSSR count). The fourth-order valence-corrected chi connectivity index (χ4v) is 3.54. The number of hydrogen-bond donors (Lipinski definition) is 5. The number of nitrogens with two attached hydrogens (primary N) is 1. The highest BCUT2D eigenvalue weighted by Crippen LogP contribution is 2.22.